The Morgan fingerprint density at radius 1 is 0.667 bits per heavy atom. The lowest BCUT2D eigenvalue weighted by molar-refractivity contribution is -0.141. The number of aliphatic carboxylic acids is 3. The molecule has 0 fully saturated rings. The third-order valence-electron chi connectivity index (χ3n) is 0.800. The fourth-order valence-corrected chi connectivity index (χ4v) is 0.426. The van der Waals surface area contributed by atoms with E-state index in [0.717, 1.165) is 6.92 Å². The molecule has 0 aromatic carbocycles. The minimum Gasteiger partial charge on any atom is -0.481 e. The Hall–Kier alpha value is -2.25. The van der Waals surface area contributed by atoms with E-state index < -0.39 is 17.9 Å². The van der Waals surface area contributed by atoms with Crippen LogP contribution in [-0.2, 0) is 24.0 Å². The van der Waals surface area contributed by atoms with Crippen molar-refractivity contribution >= 4 is 29.5 Å². The summed E-state index contributed by atoms with van der Waals surface area (Å²) >= 11 is 0. The van der Waals surface area contributed by atoms with Crippen LogP contribution in [0, 0.1) is 0 Å². The highest BCUT2D eigenvalue weighted by molar-refractivity contribution is 5.93. The molecule has 0 saturated carbocycles. The molecule has 18 heavy (non-hydrogen) atoms. The molecule has 0 saturated heterocycles. The summed E-state index contributed by atoms with van der Waals surface area (Å²) in [6.07, 6.45) is -0.722. The SMILES string of the molecule is CC(=O)CC(=O)O.CC(=O)CC(=O)O.CC(=O)O. The third kappa shape index (κ3) is 67.6. The molecule has 0 aromatic heterocycles. The molecule has 0 unspecified atom stereocenters. The van der Waals surface area contributed by atoms with Gasteiger partial charge in [0.15, 0.2) is 0 Å². The van der Waals surface area contributed by atoms with E-state index in [1.165, 1.54) is 13.8 Å². The van der Waals surface area contributed by atoms with Gasteiger partial charge in [-0.05, 0) is 13.8 Å². The number of hydrogen-bond donors (Lipinski definition) is 3. The molecule has 0 heterocycles. The molecule has 104 valence electrons. The lowest BCUT2D eigenvalue weighted by atomic mass is 10.3. The summed E-state index contributed by atoms with van der Waals surface area (Å²) in [5, 5.41) is 23.1. The van der Waals surface area contributed by atoms with Gasteiger partial charge in [0, 0.05) is 6.92 Å². The number of carbonyl (C=O) groups is 5. The second-order valence-corrected chi connectivity index (χ2v) is 3.06. The second kappa shape index (κ2) is 12.8. The van der Waals surface area contributed by atoms with Crippen molar-refractivity contribution < 1.29 is 39.3 Å². The van der Waals surface area contributed by atoms with Crippen molar-refractivity contribution in [3.8, 4) is 0 Å². The zero-order valence-corrected chi connectivity index (χ0v) is 10.3. The van der Waals surface area contributed by atoms with Crippen LogP contribution in [0.15, 0.2) is 0 Å². The molecule has 0 spiro atoms. The van der Waals surface area contributed by atoms with Gasteiger partial charge >= 0.3 is 11.9 Å². The van der Waals surface area contributed by atoms with Gasteiger partial charge in [-0.15, -0.1) is 0 Å². The number of rotatable bonds is 4. The molecule has 3 N–H and O–H groups in total. The molecule has 0 aromatic rings. The predicted molar refractivity (Wildman–Crippen MR) is 59.2 cm³/mol. The Labute approximate surface area is 103 Å². The Kier molecular flexibility index (Phi) is 15.0. The normalized spacial score (nSPS) is 7.72. The van der Waals surface area contributed by atoms with Crippen molar-refractivity contribution in [1.82, 2.24) is 0 Å². The number of carboxylic acid groups (broad SMARTS) is 3. The van der Waals surface area contributed by atoms with Crippen LogP contribution < -0.4 is 0 Å². The van der Waals surface area contributed by atoms with Crippen LogP contribution in [0.2, 0.25) is 0 Å². The summed E-state index contributed by atoms with van der Waals surface area (Å²) in [5.74, 6) is -3.58. The lowest BCUT2D eigenvalue weighted by Gasteiger charge is -1.80. The molecule has 0 rings (SSSR count). The van der Waals surface area contributed by atoms with E-state index in [4.69, 9.17) is 20.1 Å². The number of carbonyl (C=O) groups excluding carboxylic acids is 2. The average molecular weight is 264 g/mol. The van der Waals surface area contributed by atoms with Crippen molar-refractivity contribution in [1.29, 1.82) is 0 Å². The average Bonchev–Trinajstić information content (AvgIpc) is 1.96. The van der Waals surface area contributed by atoms with Gasteiger partial charge in [0.25, 0.3) is 5.97 Å². The van der Waals surface area contributed by atoms with Crippen molar-refractivity contribution in [3.63, 3.8) is 0 Å². The number of carboxylic acids is 3. The number of Topliss-reactive ketones (excluding diaryl/α,β-unsaturated/α-hetero) is 2. The quantitative estimate of drug-likeness (QED) is 0.610. The van der Waals surface area contributed by atoms with Crippen LogP contribution in [0.1, 0.15) is 33.6 Å². The number of ketones is 2. The first-order chi connectivity index (χ1) is 7.98. The first-order valence-corrected chi connectivity index (χ1v) is 4.61. The minimum atomic E-state index is -1.06. The Balaban J connectivity index is -0.000000196. The first-order valence-electron chi connectivity index (χ1n) is 4.61. The molecular formula is C10H16O8. The molecule has 0 bridgehead atoms. The van der Waals surface area contributed by atoms with Crippen LogP contribution in [-0.4, -0.2) is 44.8 Å². The van der Waals surface area contributed by atoms with Crippen molar-refractivity contribution in [2.45, 2.75) is 33.6 Å². The molecule has 0 aliphatic rings. The lowest BCUT2D eigenvalue weighted by Crippen LogP contribution is -2.00. The fraction of sp³-hybridized carbons (Fsp3) is 0.500. The second-order valence-electron chi connectivity index (χ2n) is 3.06. The standard InChI is InChI=1S/2C4H6O3.C2H4O2/c2*1-3(5)2-4(6)7;1-2(3)4/h2*2H2,1H3,(H,6,7);1H3,(H,3,4). The van der Waals surface area contributed by atoms with Gasteiger partial charge < -0.3 is 15.3 Å². The molecule has 0 radical (unpaired) electrons. The topological polar surface area (TPSA) is 146 Å². The van der Waals surface area contributed by atoms with Gasteiger partial charge in [-0.3, -0.25) is 24.0 Å². The van der Waals surface area contributed by atoms with Crippen molar-refractivity contribution in [2.24, 2.45) is 0 Å². The van der Waals surface area contributed by atoms with E-state index >= 15 is 0 Å². The first kappa shape index (κ1) is 21.1. The Morgan fingerprint density at radius 2 is 0.833 bits per heavy atom. The van der Waals surface area contributed by atoms with E-state index in [2.05, 4.69) is 0 Å². The highest BCUT2D eigenvalue weighted by atomic mass is 16.4. The minimum absolute atomic E-state index is 0.312. The molecule has 8 nitrogen and oxygen atoms in total. The number of hydrogen-bond acceptors (Lipinski definition) is 5. The van der Waals surface area contributed by atoms with Crippen LogP contribution in [0.25, 0.3) is 0 Å². The van der Waals surface area contributed by atoms with E-state index in [1.807, 2.05) is 0 Å². The third-order valence-corrected chi connectivity index (χ3v) is 0.800. The summed E-state index contributed by atoms with van der Waals surface area (Å²) < 4.78 is 0. The highest BCUT2D eigenvalue weighted by Crippen LogP contribution is 1.78. The van der Waals surface area contributed by atoms with Gasteiger partial charge in [-0.2, -0.15) is 0 Å². The summed E-state index contributed by atoms with van der Waals surface area (Å²) in [6.45, 7) is 3.57. The largest absolute Gasteiger partial charge is 0.481 e. The monoisotopic (exact) mass is 264 g/mol. The maximum absolute atomic E-state index is 9.87. The summed E-state index contributed by atoms with van der Waals surface area (Å²) in [7, 11) is 0. The molecule has 0 atom stereocenters. The fourth-order valence-electron chi connectivity index (χ4n) is 0.426. The van der Waals surface area contributed by atoms with Crippen molar-refractivity contribution in [3.05, 3.63) is 0 Å². The molecular weight excluding hydrogens is 248 g/mol. The zero-order chi connectivity index (χ0) is 15.3. The smallest absolute Gasteiger partial charge is 0.310 e. The summed E-state index contributed by atoms with van der Waals surface area (Å²) in [4.78, 5) is 47.9. The van der Waals surface area contributed by atoms with Gasteiger partial charge in [-0.25, -0.2) is 0 Å². The van der Waals surface area contributed by atoms with Gasteiger partial charge in [0.2, 0.25) is 0 Å². The van der Waals surface area contributed by atoms with E-state index in [9.17, 15) is 19.2 Å². The van der Waals surface area contributed by atoms with Crippen LogP contribution in [0.5, 0.6) is 0 Å². The van der Waals surface area contributed by atoms with Crippen LogP contribution >= 0.6 is 0 Å². The maximum Gasteiger partial charge on any atom is 0.310 e. The van der Waals surface area contributed by atoms with Gasteiger partial charge in [-0.1, -0.05) is 0 Å². The van der Waals surface area contributed by atoms with Crippen LogP contribution in [0.3, 0.4) is 0 Å². The van der Waals surface area contributed by atoms with Crippen LogP contribution in [0.4, 0.5) is 0 Å². The van der Waals surface area contributed by atoms with Gasteiger partial charge in [0.1, 0.15) is 24.4 Å². The zero-order valence-electron chi connectivity index (χ0n) is 10.3. The predicted octanol–water partition coefficient (Wildman–Crippen LogP) is 0.191. The van der Waals surface area contributed by atoms with E-state index in [-0.39, 0.29) is 24.4 Å². The molecule has 8 heteroatoms. The van der Waals surface area contributed by atoms with E-state index in [0.29, 0.717) is 0 Å². The highest BCUT2D eigenvalue weighted by Gasteiger charge is 1.98. The summed E-state index contributed by atoms with van der Waals surface area (Å²) in [5.41, 5.74) is 0. The van der Waals surface area contributed by atoms with E-state index in [1.54, 1.807) is 0 Å². The molecule has 0 amide bonds. The van der Waals surface area contributed by atoms with Crippen molar-refractivity contribution in [2.75, 3.05) is 0 Å². The molecule has 0 aliphatic heterocycles. The maximum atomic E-state index is 9.87. The summed E-state index contributed by atoms with van der Waals surface area (Å²) in [6, 6.07) is 0. The molecule has 0 aliphatic carbocycles. The van der Waals surface area contributed by atoms with Gasteiger partial charge in [0.05, 0.1) is 0 Å². The Morgan fingerprint density at radius 3 is 0.833 bits per heavy atom. The Bertz CT molecular complexity index is 264.